The molecule has 0 fully saturated rings. The lowest BCUT2D eigenvalue weighted by molar-refractivity contribution is 0.781. The molecule has 3 N–H and O–H groups in total. The van der Waals surface area contributed by atoms with Crippen LogP contribution in [0.1, 0.15) is 5.56 Å². The number of aromatic amines is 1. The lowest BCUT2D eigenvalue weighted by atomic mass is 10.2. The van der Waals surface area contributed by atoms with Gasteiger partial charge in [-0.25, -0.2) is 0 Å². The fraction of sp³-hybridized carbons (Fsp3) is 0.154. The molecule has 0 saturated carbocycles. The van der Waals surface area contributed by atoms with Crippen LogP contribution in [-0.4, -0.2) is 14.8 Å². The Morgan fingerprint density at radius 3 is 2.76 bits per heavy atom. The van der Waals surface area contributed by atoms with Crippen molar-refractivity contribution in [3.05, 3.63) is 35.9 Å². The van der Waals surface area contributed by atoms with Crippen LogP contribution in [0.5, 0.6) is 0 Å². The van der Waals surface area contributed by atoms with Gasteiger partial charge in [0.2, 0.25) is 0 Å². The van der Waals surface area contributed by atoms with Crippen LogP contribution >= 0.6 is 0 Å². The van der Waals surface area contributed by atoms with Crippen LogP contribution in [0, 0.1) is 6.92 Å². The summed E-state index contributed by atoms with van der Waals surface area (Å²) in [4.78, 5) is 3.35. The van der Waals surface area contributed by atoms with Crippen molar-refractivity contribution in [2.24, 2.45) is 7.05 Å². The SMILES string of the molecule is Cc1ccc2[nH]c(-c3cc(N)n(C)n3)cc2c1. The number of nitrogens with one attached hydrogen (secondary N) is 1. The van der Waals surface area contributed by atoms with Gasteiger partial charge in [-0.15, -0.1) is 0 Å². The molecule has 0 radical (unpaired) electrons. The minimum absolute atomic E-state index is 0.662. The summed E-state index contributed by atoms with van der Waals surface area (Å²) in [7, 11) is 1.84. The Morgan fingerprint density at radius 1 is 1.24 bits per heavy atom. The molecule has 17 heavy (non-hydrogen) atoms. The lowest BCUT2D eigenvalue weighted by Crippen LogP contribution is -1.96. The molecule has 3 rings (SSSR count). The maximum absolute atomic E-state index is 5.78. The van der Waals surface area contributed by atoms with E-state index in [0.29, 0.717) is 5.82 Å². The molecule has 0 bridgehead atoms. The molecule has 2 aromatic heterocycles. The van der Waals surface area contributed by atoms with Crippen LogP contribution in [0.15, 0.2) is 30.3 Å². The summed E-state index contributed by atoms with van der Waals surface area (Å²) in [5.74, 6) is 0.662. The van der Waals surface area contributed by atoms with E-state index in [1.165, 1.54) is 10.9 Å². The van der Waals surface area contributed by atoms with E-state index in [4.69, 9.17) is 5.73 Å². The van der Waals surface area contributed by atoms with Gasteiger partial charge in [0.25, 0.3) is 0 Å². The normalized spacial score (nSPS) is 11.2. The number of aromatic nitrogens is 3. The third-order valence-corrected chi connectivity index (χ3v) is 2.97. The minimum atomic E-state index is 0.662. The average molecular weight is 226 g/mol. The molecule has 0 aliphatic heterocycles. The van der Waals surface area contributed by atoms with Crippen LogP contribution in [0.25, 0.3) is 22.3 Å². The first kappa shape index (κ1) is 9.96. The van der Waals surface area contributed by atoms with Gasteiger partial charge in [0.05, 0.1) is 5.69 Å². The van der Waals surface area contributed by atoms with Crippen LogP contribution in [0.3, 0.4) is 0 Å². The molecule has 4 heteroatoms. The predicted molar refractivity (Wildman–Crippen MR) is 69.7 cm³/mol. The number of H-pyrrole nitrogens is 1. The first-order valence-electron chi connectivity index (χ1n) is 5.53. The highest BCUT2D eigenvalue weighted by Gasteiger charge is 2.08. The van der Waals surface area contributed by atoms with Crippen molar-refractivity contribution in [1.29, 1.82) is 0 Å². The second-order valence-corrected chi connectivity index (χ2v) is 4.35. The van der Waals surface area contributed by atoms with Gasteiger partial charge >= 0.3 is 0 Å². The smallest absolute Gasteiger partial charge is 0.122 e. The number of anilines is 1. The van der Waals surface area contributed by atoms with Gasteiger partial charge in [0.15, 0.2) is 0 Å². The quantitative estimate of drug-likeness (QED) is 0.669. The molecule has 4 nitrogen and oxygen atoms in total. The van der Waals surface area contributed by atoms with Gasteiger partial charge in [0.1, 0.15) is 11.5 Å². The molecule has 0 saturated heterocycles. The van der Waals surface area contributed by atoms with Gasteiger partial charge in [-0.1, -0.05) is 11.6 Å². The topological polar surface area (TPSA) is 59.6 Å². The number of nitrogens with two attached hydrogens (primary N) is 1. The average Bonchev–Trinajstić information content (AvgIpc) is 2.83. The molecule has 0 spiro atoms. The van der Waals surface area contributed by atoms with E-state index in [9.17, 15) is 0 Å². The number of nitrogen functional groups attached to an aromatic ring is 1. The third kappa shape index (κ3) is 1.58. The molecule has 86 valence electrons. The Hall–Kier alpha value is -2.23. The Kier molecular flexibility index (Phi) is 1.98. The van der Waals surface area contributed by atoms with E-state index in [1.807, 2.05) is 13.1 Å². The van der Waals surface area contributed by atoms with Gasteiger partial charge < -0.3 is 10.7 Å². The van der Waals surface area contributed by atoms with Crippen molar-refractivity contribution in [2.75, 3.05) is 5.73 Å². The first-order valence-corrected chi connectivity index (χ1v) is 5.53. The highest BCUT2D eigenvalue weighted by atomic mass is 15.3. The predicted octanol–water partition coefficient (Wildman–Crippen LogP) is 2.46. The summed E-state index contributed by atoms with van der Waals surface area (Å²) in [6.07, 6.45) is 0. The number of hydrogen-bond acceptors (Lipinski definition) is 2. The van der Waals surface area contributed by atoms with Crippen molar-refractivity contribution in [3.8, 4) is 11.4 Å². The number of fused-ring (bicyclic) bond motifs is 1. The maximum atomic E-state index is 5.78. The number of nitrogens with zero attached hydrogens (tertiary/aromatic N) is 2. The van der Waals surface area contributed by atoms with Gasteiger partial charge in [-0.3, -0.25) is 4.68 Å². The van der Waals surface area contributed by atoms with E-state index >= 15 is 0 Å². The van der Waals surface area contributed by atoms with Crippen molar-refractivity contribution in [3.63, 3.8) is 0 Å². The van der Waals surface area contributed by atoms with Crippen LogP contribution in [0.2, 0.25) is 0 Å². The fourth-order valence-electron chi connectivity index (χ4n) is 2.00. The zero-order chi connectivity index (χ0) is 12.0. The third-order valence-electron chi connectivity index (χ3n) is 2.97. The molecule has 0 aliphatic carbocycles. The van der Waals surface area contributed by atoms with Crippen LogP contribution in [0.4, 0.5) is 5.82 Å². The Morgan fingerprint density at radius 2 is 2.06 bits per heavy atom. The van der Waals surface area contributed by atoms with Crippen molar-refractivity contribution in [2.45, 2.75) is 6.92 Å². The summed E-state index contributed by atoms with van der Waals surface area (Å²) < 4.78 is 1.67. The van der Waals surface area contributed by atoms with E-state index in [-0.39, 0.29) is 0 Å². The van der Waals surface area contributed by atoms with Crippen molar-refractivity contribution in [1.82, 2.24) is 14.8 Å². The van der Waals surface area contributed by atoms with Gasteiger partial charge in [-0.05, 0) is 25.1 Å². The van der Waals surface area contributed by atoms with Crippen molar-refractivity contribution < 1.29 is 0 Å². The zero-order valence-electron chi connectivity index (χ0n) is 9.86. The summed E-state index contributed by atoms with van der Waals surface area (Å²) in [6, 6.07) is 10.3. The molecule has 3 aromatic rings. The summed E-state index contributed by atoms with van der Waals surface area (Å²) in [5.41, 5.74) is 10.0. The highest BCUT2D eigenvalue weighted by molar-refractivity contribution is 5.86. The highest BCUT2D eigenvalue weighted by Crippen LogP contribution is 2.24. The number of aryl methyl sites for hydroxylation is 2. The Balaban J connectivity index is 2.17. The summed E-state index contributed by atoms with van der Waals surface area (Å²) in [5, 5.41) is 5.56. The van der Waals surface area contributed by atoms with Crippen molar-refractivity contribution >= 4 is 16.7 Å². The van der Waals surface area contributed by atoms with Gasteiger partial charge in [-0.2, -0.15) is 5.10 Å². The van der Waals surface area contributed by atoms with Crippen LogP contribution in [-0.2, 0) is 7.05 Å². The van der Waals surface area contributed by atoms with Gasteiger partial charge in [0, 0.05) is 24.0 Å². The lowest BCUT2D eigenvalue weighted by Gasteiger charge is -1.91. The molecular weight excluding hydrogens is 212 g/mol. The molecule has 0 atom stereocenters. The Bertz CT molecular complexity index is 671. The molecule has 1 aromatic carbocycles. The number of benzene rings is 1. The largest absolute Gasteiger partial charge is 0.384 e. The monoisotopic (exact) mass is 226 g/mol. The Labute approximate surface area is 99.1 Å². The van der Waals surface area contributed by atoms with E-state index in [1.54, 1.807) is 4.68 Å². The number of hydrogen-bond donors (Lipinski definition) is 2. The molecule has 2 heterocycles. The summed E-state index contributed by atoms with van der Waals surface area (Å²) in [6.45, 7) is 2.09. The second-order valence-electron chi connectivity index (χ2n) is 4.35. The second kappa shape index (κ2) is 3.38. The van der Waals surface area contributed by atoms with Crippen LogP contribution < -0.4 is 5.73 Å². The minimum Gasteiger partial charge on any atom is -0.384 e. The first-order chi connectivity index (χ1) is 8.13. The standard InChI is InChI=1S/C13H14N4/c1-8-3-4-10-9(5-8)6-11(15-10)12-7-13(14)17(2)16-12/h3-7,15H,14H2,1-2H3. The van der Waals surface area contributed by atoms with E-state index in [2.05, 4.69) is 41.3 Å². The summed E-state index contributed by atoms with van der Waals surface area (Å²) >= 11 is 0. The fourth-order valence-corrected chi connectivity index (χ4v) is 2.00. The van der Waals surface area contributed by atoms with E-state index < -0.39 is 0 Å². The number of rotatable bonds is 1. The zero-order valence-corrected chi connectivity index (χ0v) is 9.86. The molecule has 0 amide bonds. The molecular formula is C13H14N4. The maximum Gasteiger partial charge on any atom is 0.122 e. The van der Waals surface area contributed by atoms with E-state index in [0.717, 1.165) is 16.9 Å². The molecule has 0 unspecified atom stereocenters. The molecule has 0 aliphatic rings.